The van der Waals surface area contributed by atoms with Crippen LogP contribution in [0.4, 0.5) is 5.69 Å². The fraction of sp³-hybridized carbons (Fsp3) is 0. The highest BCUT2D eigenvalue weighted by Crippen LogP contribution is 2.16. The number of hydrogen-bond acceptors (Lipinski definition) is 3. The molecule has 0 fully saturated rings. The topological polar surface area (TPSA) is 73.6 Å². The summed E-state index contributed by atoms with van der Waals surface area (Å²) >= 11 is 0. The first-order chi connectivity index (χ1) is 6.29. The maximum Gasteiger partial charge on any atom is 0.102 e. The van der Waals surface area contributed by atoms with Crippen LogP contribution in [0.3, 0.4) is 0 Å². The molecule has 0 aliphatic heterocycles. The van der Waals surface area contributed by atoms with E-state index in [-0.39, 0.29) is 0 Å². The maximum atomic E-state index is 8.75. The molecule has 2 N–H and O–H groups in total. The lowest BCUT2D eigenvalue weighted by atomic mass is 10.1. The fourth-order valence-electron chi connectivity index (χ4n) is 0.984. The van der Waals surface area contributed by atoms with Crippen molar-refractivity contribution >= 4 is 11.8 Å². The predicted molar refractivity (Wildman–Crippen MR) is 50.2 cm³/mol. The van der Waals surface area contributed by atoms with E-state index in [0.29, 0.717) is 16.8 Å². The van der Waals surface area contributed by atoms with Crippen molar-refractivity contribution in [1.82, 2.24) is 0 Å². The molecule has 1 rings (SSSR count). The molecular formula is C10H7N3. The minimum Gasteiger partial charge on any atom is -0.398 e. The number of anilines is 1. The number of hydrogen-bond donors (Lipinski definition) is 1. The lowest BCUT2D eigenvalue weighted by Gasteiger charge is -1.99. The van der Waals surface area contributed by atoms with Gasteiger partial charge in [-0.1, -0.05) is 12.1 Å². The van der Waals surface area contributed by atoms with Crippen LogP contribution >= 0.6 is 0 Å². The summed E-state index contributed by atoms with van der Waals surface area (Å²) in [7, 11) is 0. The Morgan fingerprint density at radius 1 is 1.31 bits per heavy atom. The Morgan fingerprint density at radius 3 is 2.69 bits per heavy atom. The second kappa shape index (κ2) is 3.94. The minimum absolute atomic E-state index is 0.411. The second-order valence-corrected chi connectivity index (χ2v) is 2.39. The van der Waals surface area contributed by atoms with Crippen molar-refractivity contribution < 1.29 is 0 Å². The highest BCUT2D eigenvalue weighted by Gasteiger charge is 2.01. The Bertz CT molecular complexity index is 419. The third kappa shape index (κ3) is 1.85. The zero-order chi connectivity index (χ0) is 9.68. The van der Waals surface area contributed by atoms with Crippen molar-refractivity contribution in [1.29, 1.82) is 10.5 Å². The van der Waals surface area contributed by atoms with Gasteiger partial charge in [-0.25, -0.2) is 0 Å². The standard InChI is InChI=1S/C10H7N3/c11-6-2-4-8-3-1-5-10(13)9(8)7-12/h1-5H,13H2. The Balaban J connectivity index is 3.24. The molecule has 0 aliphatic rings. The molecule has 0 amide bonds. The van der Waals surface area contributed by atoms with Gasteiger partial charge in [0, 0.05) is 6.08 Å². The molecule has 3 heteroatoms. The van der Waals surface area contributed by atoms with Crippen molar-refractivity contribution in [2.45, 2.75) is 0 Å². The van der Waals surface area contributed by atoms with Crippen LogP contribution in [-0.2, 0) is 0 Å². The van der Waals surface area contributed by atoms with E-state index in [1.165, 1.54) is 6.08 Å². The quantitative estimate of drug-likeness (QED) is 0.513. The first-order valence-electron chi connectivity index (χ1n) is 3.64. The molecule has 0 aliphatic carbocycles. The first-order valence-corrected chi connectivity index (χ1v) is 3.64. The van der Waals surface area contributed by atoms with Crippen LogP contribution in [0.5, 0.6) is 0 Å². The van der Waals surface area contributed by atoms with E-state index >= 15 is 0 Å². The van der Waals surface area contributed by atoms with Gasteiger partial charge in [0.25, 0.3) is 0 Å². The van der Waals surface area contributed by atoms with Gasteiger partial charge in [-0.3, -0.25) is 0 Å². The molecule has 0 spiro atoms. The van der Waals surface area contributed by atoms with E-state index in [9.17, 15) is 0 Å². The Kier molecular flexibility index (Phi) is 2.68. The monoisotopic (exact) mass is 169 g/mol. The van der Waals surface area contributed by atoms with Gasteiger partial charge >= 0.3 is 0 Å². The molecule has 0 bridgehead atoms. The van der Waals surface area contributed by atoms with E-state index in [0.717, 1.165) is 0 Å². The van der Waals surface area contributed by atoms with E-state index in [2.05, 4.69) is 0 Å². The van der Waals surface area contributed by atoms with Crippen molar-refractivity contribution in [3.05, 3.63) is 35.4 Å². The van der Waals surface area contributed by atoms with Crippen molar-refractivity contribution in [2.24, 2.45) is 0 Å². The molecule has 0 aromatic heterocycles. The molecular weight excluding hydrogens is 162 g/mol. The zero-order valence-electron chi connectivity index (χ0n) is 6.86. The second-order valence-electron chi connectivity index (χ2n) is 2.39. The van der Waals surface area contributed by atoms with Crippen LogP contribution in [0, 0.1) is 22.7 Å². The van der Waals surface area contributed by atoms with Crippen molar-refractivity contribution in [2.75, 3.05) is 5.73 Å². The highest BCUT2D eigenvalue weighted by atomic mass is 14.6. The van der Waals surface area contributed by atoms with Crippen LogP contribution in [0.15, 0.2) is 24.3 Å². The van der Waals surface area contributed by atoms with Gasteiger partial charge in [0.1, 0.15) is 6.07 Å². The summed E-state index contributed by atoms with van der Waals surface area (Å²) < 4.78 is 0. The van der Waals surface area contributed by atoms with Crippen LogP contribution in [0.25, 0.3) is 6.08 Å². The Labute approximate surface area is 76.3 Å². The summed E-state index contributed by atoms with van der Waals surface area (Å²) in [6.45, 7) is 0. The smallest absolute Gasteiger partial charge is 0.102 e. The lowest BCUT2D eigenvalue weighted by Crippen LogP contribution is -1.92. The Morgan fingerprint density at radius 2 is 2.08 bits per heavy atom. The van der Waals surface area contributed by atoms with Crippen LogP contribution in [-0.4, -0.2) is 0 Å². The minimum atomic E-state index is 0.411. The van der Waals surface area contributed by atoms with E-state index in [1.54, 1.807) is 24.3 Å². The number of nitriles is 2. The molecule has 0 atom stereocenters. The van der Waals surface area contributed by atoms with E-state index < -0.39 is 0 Å². The SMILES string of the molecule is N#CC=Cc1cccc(N)c1C#N. The van der Waals surface area contributed by atoms with Gasteiger partial charge in [-0.15, -0.1) is 0 Å². The number of rotatable bonds is 1. The number of allylic oxidation sites excluding steroid dienone is 1. The normalized spacial score (nSPS) is 9.38. The Hall–Kier alpha value is -2.26. The van der Waals surface area contributed by atoms with Gasteiger partial charge < -0.3 is 5.73 Å². The van der Waals surface area contributed by atoms with Gasteiger partial charge in [0.2, 0.25) is 0 Å². The molecule has 0 saturated heterocycles. The van der Waals surface area contributed by atoms with Crippen molar-refractivity contribution in [3.8, 4) is 12.1 Å². The molecule has 1 aromatic carbocycles. The first kappa shape index (κ1) is 8.83. The molecule has 0 unspecified atom stereocenters. The summed E-state index contributed by atoms with van der Waals surface area (Å²) in [6, 6.07) is 8.98. The number of benzene rings is 1. The molecule has 0 heterocycles. The summed E-state index contributed by atoms with van der Waals surface area (Å²) in [4.78, 5) is 0. The lowest BCUT2D eigenvalue weighted by molar-refractivity contribution is 1.47. The fourth-order valence-corrected chi connectivity index (χ4v) is 0.984. The van der Waals surface area contributed by atoms with Gasteiger partial charge in [-0.05, 0) is 17.7 Å². The summed E-state index contributed by atoms with van der Waals surface area (Å²) in [5.41, 5.74) is 7.08. The number of nitrogens with two attached hydrogens (primary N) is 1. The third-order valence-electron chi connectivity index (χ3n) is 1.58. The molecule has 62 valence electrons. The molecule has 13 heavy (non-hydrogen) atoms. The highest BCUT2D eigenvalue weighted by molar-refractivity contribution is 5.68. The molecule has 0 radical (unpaired) electrons. The van der Waals surface area contributed by atoms with Gasteiger partial charge in [0.15, 0.2) is 0 Å². The van der Waals surface area contributed by atoms with Crippen LogP contribution < -0.4 is 5.73 Å². The van der Waals surface area contributed by atoms with Crippen molar-refractivity contribution in [3.63, 3.8) is 0 Å². The largest absolute Gasteiger partial charge is 0.398 e. The molecule has 0 saturated carbocycles. The average molecular weight is 169 g/mol. The zero-order valence-corrected chi connectivity index (χ0v) is 6.86. The average Bonchev–Trinajstić information content (AvgIpc) is 2.15. The summed E-state index contributed by atoms with van der Waals surface area (Å²) in [6.07, 6.45) is 2.88. The molecule has 3 nitrogen and oxygen atoms in total. The molecule has 1 aromatic rings. The van der Waals surface area contributed by atoms with Crippen LogP contribution in [0.2, 0.25) is 0 Å². The number of nitrogens with zero attached hydrogens (tertiary/aromatic N) is 2. The third-order valence-corrected chi connectivity index (χ3v) is 1.58. The van der Waals surface area contributed by atoms with E-state index in [4.69, 9.17) is 16.3 Å². The van der Waals surface area contributed by atoms with Gasteiger partial charge in [0.05, 0.1) is 17.3 Å². The summed E-state index contributed by atoms with van der Waals surface area (Å²) in [5.74, 6) is 0. The predicted octanol–water partition coefficient (Wildman–Crippen LogP) is 1.68. The van der Waals surface area contributed by atoms with E-state index in [1.807, 2.05) is 12.1 Å². The number of nitrogen functional groups attached to an aromatic ring is 1. The van der Waals surface area contributed by atoms with Gasteiger partial charge in [-0.2, -0.15) is 10.5 Å². The van der Waals surface area contributed by atoms with Crippen LogP contribution in [0.1, 0.15) is 11.1 Å². The maximum absolute atomic E-state index is 8.75. The summed E-state index contributed by atoms with van der Waals surface area (Å²) in [5, 5.41) is 17.1.